The number of rotatable bonds is 5. The number of carboxylic acids is 1. The van der Waals surface area contributed by atoms with Crippen LogP contribution in [-0.4, -0.2) is 23.0 Å². The van der Waals surface area contributed by atoms with Crippen molar-refractivity contribution in [2.75, 3.05) is 0 Å². The third-order valence-corrected chi connectivity index (χ3v) is 2.81. The lowest BCUT2D eigenvalue weighted by Gasteiger charge is -2.11. The molecular formula is C15H15NO4. The van der Waals surface area contributed by atoms with Crippen LogP contribution in [0.5, 0.6) is 0 Å². The highest BCUT2D eigenvalue weighted by Gasteiger charge is 2.19. The van der Waals surface area contributed by atoms with E-state index < -0.39 is 17.9 Å². The molecular weight excluding hydrogens is 258 g/mol. The Hall–Kier alpha value is -2.56. The fourth-order valence-electron chi connectivity index (χ4n) is 1.93. The summed E-state index contributed by atoms with van der Waals surface area (Å²) in [6, 6.07) is 10.6. The normalized spacial score (nSPS) is 11.8. The van der Waals surface area contributed by atoms with Gasteiger partial charge in [-0.05, 0) is 18.6 Å². The Bertz CT molecular complexity index is 603. The summed E-state index contributed by atoms with van der Waals surface area (Å²) < 4.78 is 5.23. The molecule has 2 N–H and O–H groups in total. The Morgan fingerprint density at radius 3 is 2.60 bits per heavy atom. The summed E-state index contributed by atoms with van der Waals surface area (Å²) in [5.41, 5.74) is 1.56. The topological polar surface area (TPSA) is 79.5 Å². The van der Waals surface area contributed by atoms with Crippen molar-refractivity contribution in [3.8, 4) is 11.1 Å². The van der Waals surface area contributed by atoms with Crippen molar-refractivity contribution in [3.05, 3.63) is 48.4 Å². The van der Waals surface area contributed by atoms with Crippen LogP contribution in [0.4, 0.5) is 0 Å². The number of carbonyl (C=O) groups excluding carboxylic acids is 1. The summed E-state index contributed by atoms with van der Waals surface area (Å²) in [5.74, 6) is -1.18. The number of hydrogen-bond acceptors (Lipinski definition) is 3. The van der Waals surface area contributed by atoms with Crippen LogP contribution in [0, 0.1) is 0 Å². The number of nitrogens with one attached hydrogen (secondary N) is 1. The Morgan fingerprint density at radius 2 is 1.95 bits per heavy atom. The van der Waals surface area contributed by atoms with E-state index in [9.17, 15) is 9.59 Å². The zero-order chi connectivity index (χ0) is 14.5. The van der Waals surface area contributed by atoms with Crippen molar-refractivity contribution in [2.45, 2.75) is 19.4 Å². The van der Waals surface area contributed by atoms with E-state index in [1.807, 2.05) is 30.3 Å². The molecule has 2 rings (SSSR count). The fraction of sp³-hybridized carbons (Fsp3) is 0.200. The molecule has 0 radical (unpaired) electrons. The Kier molecular flexibility index (Phi) is 4.20. The summed E-state index contributed by atoms with van der Waals surface area (Å²) in [6.45, 7) is 1.64. The molecule has 20 heavy (non-hydrogen) atoms. The van der Waals surface area contributed by atoms with Crippen LogP contribution in [0.2, 0.25) is 0 Å². The van der Waals surface area contributed by atoms with Gasteiger partial charge in [-0.15, -0.1) is 0 Å². The Labute approximate surface area is 116 Å². The third-order valence-electron chi connectivity index (χ3n) is 2.81. The number of benzene rings is 1. The van der Waals surface area contributed by atoms with Crippen molar-refractivity contribution >= 4 is 11.9 Å². The first-order valence-electron chi connectivity index (χ1n) is 6.23. The summed E-state index contributed by atoms with van der Waals surface area (Å²) >= 11 is 0. The van der Waals surface area contributed by atoms with E-state index in [2.05, 4.69) is 5.32 Å². The highest BCUT2D eigenvalue weighted by molar-refractivity contribution is 5.98. The highest BCUT2D eigenvalue weighted by Crippen LogP contribution is 2.24. The number of carbonyl (C=O) groups is 2. The average Bonchev–Trinajstić information content (AvgIpc) is 2.87. The van der Waals surface area contributed by atoms with Gasteiger partial charge in [0.15, 0.2) is 5.76 Å². The molecule has 1 unspecified atom stereocenters. The summed E-state index contributed by atoms with van der Waals surface area (Å²) in [6.07, 6.45) is 1.31. The van der Waals surface area contributed by atoms with Crippen molar-refractivity contribution in [1.29, 1.82) is 0 Å². The number of aliphatic carboxylic acids is 1. The minimum atomic E-state index is -0.958. The van der Waals surface area contributed by atoms with Crippen molar-refractivity contribution in [2.24, 2.45) is 0 Å². The van der Waals surface area contributed by atoms with E-state index in [1.54, 1.807) is 13.0 Å². The molecule has 1 aromatic carbocycles. The second-order valence-electron chi connectivity index (χ2n) is 4.50. The summed E-state index contributed by atoms with van der Waals surface area (Å²) in [5, 5.41) is 11.3. The van der Waals surface area contributed by atoms with Crippen LogP contribution >= 0.6 is 0 Å². The van der Waals surface area contributed by atoms with Gasteiger partial charge >= 0.3 is 5.97 Å². The van der Waals surface area contributed by atoms with Gasteiger partial charge in [-0.1, -0.05) is 30.3 Å². The number of carboxylic acid groups (broad SMARTS) is 1. The number of hydrogen-bond donors (Lipinski definition) is 2. The Morgan fingerprint density at radius 1 is 1.25 bits per heavy atom. The van der Waals surface area contributed by atoms with E-state index in [4.69, 9.17) is 9.52 Å². The maximum atomic E-state index is 12.1. The summed E-state index contributed by atoms with van der Waals surface area (Å²) in [4.78, 5) is 22.7. The maximum Gasteiger partial charge on any atom is 0.305 e. The van der Waals surface area contributed by atoms with Gasteiger partial charge in [0.25, 0.3) is 5.91 Å². The van der Waals surface area contributed by atoms with Crippen LogP contribution in [0.15, 0.2) is 47.1 Å². The largest absolute Gasteiger partial charge is 0.481 e. The van der Waals surface area contributed by atoms with Gasteiger partial charge in [-0.25, -0.2) is 0 Å². The monoisotopic (exact) mass is 273 g/mol. The molecule has 1 amide bonds. The van der Waals surface area contributed by atoms with Crippen molar-refractivity contribution in [3.63, 3.8) is 0 Å². The van der Waals surface area contributed by atoms with Crippen molar-refractivity contribution < 1.29 is 19.1 Å². The first-order chi connectivity index (χ1) is 9.58. The molecule has 0 fully saturated rings. The van der Waals surface area contributed by atoms with E-state index >= 15 is 0 Å². The van der Waals surface area contributed by atoms with Gasteiger partial charge in [-0.2, -0.15) is 0 Å². The van der Waals surface area contributed by atoms with Gasteiger partial charge in [0, 0.05) is 11.6 Å². The smallest absolute Gasteiger partial charge is 0.305 e. The summed E-state index contributed by atoms with van der Waals surface area (Å²) in [7, 11) is 0. The maximum absolute atomic E-state index is 12.1. The molecule has 2 aromatic rings. The van der Waals surface area contributed by atoms with Crippen LogP contribution in [0.3, 0.4) is 0 Å². The lowest BCUT2D eigenvalue weighted by Crippen LogP contribution is -2.34. The fourth-order valence-corrected chi connectivity index (χ4v) is 1.93. The first kappa shape index (κ1) is 13.9. The van der Waals surface area contributed by atoms with E-state index in [1.165, 1.54) is 6.26 Å². The molecule has 5 nitrogen and oxygen atoms in total. The molecule has 5 heteroatoms. The zero-order valence-electron chi connectivity index (χ0n) is 11.0. The van der Waals surface area contributed by atoms with E-state index in [-0.39, 0.29) is 12.2 Å². The molecule has 0 aliphatic heterocycles. The second kappa shape index (κ2) is 6.06. The predicted octanol–water partition coefficient (Wildman–Crippen LogP) is 2.54. The number of furan rings is 1. The average molecular weight is 273 g/mol. The molecule has 1 heterocycles. The molecule has 0 aliphatic rings. The van der Waals surface area contributed by atoms with Gasteiger partial charge < -0.3 is 14.8 Å². The molecule has 104 valence electrons. The minimum absolute atomic E-state index is 0.132. The second-order valence-corrected chi connectivity index (χ2v) is 4.50. The molecule has 0 saturated heterocycles. The quantitative estimate of drug-likeness (QED) is 0.877. The minimum Gasteiger partial charge on any atom is -0.481 e. The highest BCUT2D eigenvalue weighted by atomic mass is 16.4. The molecule has 1 aromatic heterocycles. The van der Waals surface area contributed by atoms with Gasteiger partial charge in [0.2, 0.25) is 0 Å². The van der Waals surface area contributed by atoms with E-state index in [0.29, 0.717) is 5.56 Å². The Balaban J connectivity index is 2.16. The van der Waals surface area contributed by atoms with Crippen LogP contribution in [0.1, 0.15) is 23.9 Å². The van der Waals surface area contributed by atoms with Crippen molar-refractivity contribution in [1.82, 2.24) is 5.32 Å². The van der Waals surface area contributed by atoms with Gasteiger partial charge in [-0.3, -0.25) is 9.59 Å². The van der Waals surface area contributed by atoms with Gasteiger partial charge in [0.05, 0.1) is 12.7 Å². The molecule has 1 atom stereocenters. The zero-order valence-corrected chi connectivity index (χ0v) is 11.0. The molecule has 0 bridgehead atoms. The molecule has 0 saturated carbocycles. The van der Waals surface area contributed by atoms with Gasteiger partial charge in [0.1, 0.15) is 0 Å². The first-order valence-corrected chi connectivity index (χ1v) is 6.23. The van der Waals surface area contributed by atoms with E-state index in [0.717, 1.165) is 5.56 Å². The standard InChI is InChI=1S/C15H15NO4/c1-10(9-13(17)18)16-15(19)14-12(7-8-20-14)11-5-3-2-4-6-11/h2-8,10H,9H2,1H3,(H,16,19)(H,17,18). The third kappa shape index (κ3) is 3.26. The van der Waals surface area contributed by atoms with Crippen LogP contribution in [0.25, 0.3) is 11.1 Å². The SMILES string of the molecule is CC(CC(=O)O)NC(=O)c1occc1-c1ccccc1. The molecule has 0 spiro atoms. The molecule has 0 aliphatic carbocycles. The van der Waals surface area contributed by atoms with Crippen LogP contribution in [-0.2, 0) is 4.79 Å². The number of amides is 1. The van der Waals surface area contributed by atoms with Crippen LogP contribution < -0.4 is 5.32 Å². The lowest BCUT2D eigenvalue weighted by atomic mass is 10.1. The lowest BCUT2D eigenvalue weighted by molar-refractivity contribution is -0.137. The predicted molar refractivity (Wildman–Crippen MR) is 73.3 cm³/mol.